The van der Waals surface area contributed by atoms with E-state index in [1.165, 1.54) is 18.4 Å². The molecule has 2 fully saturated rings. The van der Waals surface area contributed by atoms with E-state index in [0.717, 1.165) is 64.6 Å². The Morgan fingerprint density at radius 3 is 2.33 bits per heavy atom. The van der Waals surface area contributed by atoms with Crippen LogP contribution in [0.2, 0.25) is 0 Å². The molecule has 0 spiro atoms. The molecule has 7 nitrogen and oxygen atoms in total. The van der Waals surface area contributed by atoms with Crippen LogP contribution in [0, 0.1) is 0 Å². The van der Waals surface area contributed by atoms with Gasteiger partial charge in [0.1, 0.15) is 0 Å². The van der Waals surface area contributed by atoms with Gasteiger partial charge in [0.25, 0.3) is 0 Å². The molecule has 0 bridgehead atoms. The van der Waals surface area contributed by atoms with Gasteiger partial charge in [-0.2, -0.15) is 0 Å². The van der Waals surface area contributed by atoms with Crippen molar-refractivity contribution in [2.24, 2.45) is 4.99 Å². The minimum absolute atomic E-state index is 0.295. The molecule has 2 aliphatic heterocycles. The van der Waals surface area contributed by atoms with Crippen LogP contribution in [0.3, 0.4) is 0 Å². The highest BCUT2D eigenvalue weighted by Gasteiger charge is 2.23. The summed E-state index contributed by atoms with van der Waals surface area (Å²) >= 11 is 0. The Hall–Kier alpha value is -2.12. The number of likely N-dealkylation sites (tertiary alicyclic amines) is 1. The largest absolute Gasteiger partial charge is 0.375 e. The van der Waals surface area contributed by atoms with Crippen molar-refractivity contribution in [2.75, 3.05) is 66.0 Å². The number of guanidine groups is 1. The third kappa shape index (κ3) is 7.29. The first kappa shape index (κ1) is 22.6. The van der Waals surface area contributed by atoms with E-state index >= 15 is 0 Å². The van der Waals surface area contributed by atoms with Crippen molar-refractivity contribution in [3.8, 4) is 0 Å². The van der Waals surface area contributed by atoms with E-state index in [4.69, 9.17) is 4.74 Å². The molecule has 7 heteroatoms. The van der Waals surface area contributed by atoms with Gasteiger partial charge in [-0.25, -0.2) is 0 Å². The molecule has 2 aliphatic rings. The first-order chi connectivity index (χ1) is 14.8. The highest BCUT2D eigenvalue weighted by atomic mass is 16.5. The van der Waals surface area contributed by atoms with Crippen LogP contribution in [0.25, 0.3) is 0 Å². The van der Waals surface area contributed by atoms with Crippen LogP contribution in [-0.2, 0) is 16.1 Å². The lowest BCUT2D eigenvalue weighted by Crippen LogP contribution is -2.54. The van der Waals surface area contributed by atoms with E-state index in [2.05, 4.69) is 37.1 Å². The number of ether oxygens (including phenoxy) is 1. The molecule has 1 amide bonds. The number of nitrogens with one attached hydrogen (secondary N) is 1. The van der Waals surface area contributed by atoms with Gasteiger partial charge in [-0.1, -0.05) is 43.2 Å². The van der Waals surface area contributed by atoms with Crippen molar-refractivity contribution in [3.05, 3.63) is 35.9 Å². The zero-order valence-electron chi connectivity index (χ0n) is 18.4. The van der Waals surface area contributed by atoms with E-state index in [1.54, 1.807) is 0 Å². The lowest BCUT2D eigenvalue weighted by Gasteiger charge is -2.37. The Morgan fingerprint density at radius 1 is 0.967 bits per heavy atom. The molecule has 1 aromatic rings. The number of aliphatic imine (C=N–C) groups is 1. The van der Waals surface area contributed by atoms with Crippen LogP contribution in [0.15, 0.2) is 35.3 Å². The Kier molecular flexibility index (Phi) is 9.44. The monoisotopic (exact) mass is 415 g/mol. The second-order valence-electron chi connectivity index (χ2n) is 8.07. The van der Waals surface area contributed by atoms with Crippen LogP contribution < -0.4 is 5.32 Å². The summed E-state index contributed by atoms with van der Waals surface area (Å²) in [4.78, 5) is 23.6. The molecule has 1 aromatic carbocycles. The molecule has 1 N–H and O–H groups in total. The number of hydrogen-bond acceptors (Lipinski definition) is 4. The summed E-state index contributed by atoms with van der Waals surface area (Å²) in [6.07, 6.45) is 4.81. The number of piperazine rings is 1. The summed E-state index contributed by atoms with van der Waals surface area (Å²) in [5.41, 5.74) is 1.19. The van der Waals surface area contributed by atoms with Gasteiger partial charge in [-0.3, -0.25) is 14.7 Å². The Balaban J connectivity index is 1.32. The first-order valence-electron chi connectivity index (χ1n) is 11.3. The minimum atomic E-state index is 0.295. The molecule has 0 radical (unpaired) electrons. The summed E-state index contributed by atoms with van der Waals surface area (Å²) in [5.74, 6) is 1.21. The zero-order chi connectivity index (χ0) is 21.0. The number of nitrogens with zero attached hydrogens (tertiary/aromatic N) is 4. The number of benzene rings is 1. The summed E-state index contributed by atoms with van der Waals surface area (Å²) in [5, 5.41) is 3.40. The van der Waals surface area contributed by atoms with Crippen LogP contribution in [0.5, 0.6) is 0 Å². The van der Waals surface area contributed by atoms with Crippen molar-refractivity contribution < 1.29 is 9.53 Å². The molecule has 2 saturated heterocycles. The van der Waals surface area contributed by atoms with Crippen molar-refractivity contribution >= 4 is 11.9 Å². The van der Waals surface area contributed by atoms with Crippen molar-refractivity contribution in [1.29, 1.82) is 0 Å². The average molecular weight is 416 g/mol. The predicted molar refractivity (Wildman–Crippen MR) is 121 cm³/mol. The topological polar surface area (TPSA) is 60.4 Å². The molecular formula is C23H37N5O2. The molecule has 0 aromatic heterocycles. The third-order valence-electron chi connectivity index (χ3n) is 5.84. The second kappa shape index (κ2) is 12.5. The normalized spacial score (nSPS) is 18.9. The highest BCUT2D eigenvalue weighted by Crippen LogP contribution is 2.11. The lowest BCUT2D eigenvalue weighted by molar-refractivity contribution is -0.132. The van der Waals surface area contributed by atoms with Gasteiger partial charge in [-0.05, 0) is 18.4 Å². The summed E-state index contributed by atoms with van der Waals surface area (Å²) < 4.78 is 5.74. The van der Waals surface area contributed by atoms with Crippen molar-refractivity contribution in [1.82, 2.24) is 20.0 Å². The van der Waals surface area contributed by atoms with Gasteiger partial charge < -0.3 is 19.9 Å². The Bertz CT molecular complexity index is 651. The second-order valence-corrected chi connectivity index (χ2v) is 8.07. The smallest absolute Gasteiger partial charge is 0.236 e. The predicted octanol–water partition coefficient (Wildman–Crippen LogP) is 1.80. The van der Waals surface area contributed by atoms with E-state index < -0.39 is 0 Å². The van der Waals surface area contributed by atoms with Gasteiger partial charge in [0.15, 0.2) is 5.96 Å². The summed E-state index contributed by atoms with van der Waals surface area (Å²) in [6.45, 7) is 7.97. The molecule has 0 unspecified atom stereocenters. The van der Waals surface area contributed by atoms with Crippen molar-refractivity contribution in [3.63, 3.8) is 0 Å². The van der Waals surface area contributed by atoms with E-state index in [-0.39, 0.29) is 0 Å². The summed E-state index contributed by atoms with van der Waals surface area (Å²) in [6, 6.07) is 10.2. The number of carbonyl (C=O) groups excluding carboxylic acids is 1. The molecule has 0 saturated carbocycles. The van der Waals surface area contributed by atoms with Gasteiger partial charge in [0, 0.05) is 52.9 Å². The first-order valence-corrected chi connectivity index (χ1v) is 11.3. The maximum absolute atomic E-state index is 12.6. The van der Waals surface area contributed by atoms with Crippen LogP contribution in [0.4, 0.5) is 0 Å². The standard InChI is InChI=1S/C23H37N5O2/c1-24-23(25-11-18-30-20-21-9-5-4-6-10-21)28-16-14-26(15-17-28)19-22(29)27-12-7-2-3-8-13-27/h4-6,9-10H,2-3,7-8,11-20H2,1H3,(H,24,25). The maximum atomic E-state index is 12.6. The van der Waals surface area contributed by atoms with Crippen molar-refractivity contribution in [2.45, 2.75) is 32.3 Å². The number of rotatable bonds is 7. The molecule has 166 valence electrons. The fraction of sp³-hybridized carbons (Fsp3) is 0.652. The van der Waals surface area contributed by atoms with Gasteiger partial charge in [-0.15, -0.1) is 0 Å². The fourth-order valence-corrected chi connectivity index (χ4v) is 4.06. The molecule has 3 rings (SSSR count). The number of carbonyl (C=O) groups is 1. The quantitative estimate of drug-likeness (QED) is 0.418. The van der Waals surface area contributed by atoms with Gasteiger partial charge in [0.2, 0.25) is 5.91 Å². The Labute approximate surface area is 181 Å². The number of amides is 1. The lowest BCUT2D eigenvalue weighted by atomic mass is 10.2. The van der Waals surface area contributed by atoms with Crippen LogP contribution >= 0.6 is 0 Å². The van der Waals surface area contributed by atoms with Gasteiger partial charge in [0.05, 0.1) is 19.8 Å². The van der Waals surface area contributed by atoms with E-state index in [1.807, 2.05) is 25.2 Å². The molecular weight excluding hydrogens is 378 g/mol. The molecule has 30 heavy (non-hydrogen) atoms. The zero-order valence-corrected chi connectivity index (χ0v) is 18.4. The molecule has 0 aliphatic carbocycles. The SMILES string of the molecule is CN=C(NCCOCc1ccccc1)N1CCN(CC(=O)N2CCCCCC2)CC1. The Morgan fingerprint density at radius 2 is 1.67 bits per heavy atom. The number of hydrogen-bond donors (Lipinski definition) is 1. The third-order valence-corrected chi connectivity index (χ3v) is 5.84. The molecule has 0 atom stereocenters. The van der Waals surface area contributed by atoms with E-state index in [9.17, 15) is 4.79 Å². The van der Waals surface area contributed by atoms with Gasteiger partial charge >= 0.3 is 0 Å². The fourth-order valence-electron chi connectivity index (χ4n) is 4.06. The van der Waals surface area contributed by atoms with E-state index in [0.29, 0.717) is 25.7 Å². The van der Waals surface area contributed by atoms with Crippen LogP contribution in [0.1, 0.15) is 31.2 Å². The average Bonchev–Trinajstić information content (AvgIpc) is 3.07. The highest BCUT2D eigenvalue weighted by molar-refractivity contribution is 5.80. The maximum Gasteiger partial charge on any atom is 0.236 e. The van der Waals surface area contributed by atoms with Crippen LogP contribution in [-0.4, -0.2) is 92.6 Å². The molecule has 2 heterocycles. The minimum Gasteiger partial charge on any atom is -0.375 e. The summed E-state index contributed by atoms with van der Waals surface area (Å²) in [7, 11) is 1.82.